The van der Waals surface area contributed by atoms with Crippen LogP contribution in [0.3, 0.4) is 0 Å². The molecule has 2 aliphatic heterocycles. The van der Waals surface area contributed by atoms with Gasteiger partial charge in [-0.3, -0.25) is 0 Å². The molecule has 0 radical (unpaired) electrons. The Morgan fingerprint density at radius 3 is 2.26 bits per heavy atom. The highest BCUT2D eigenvalue weighted by molar-refractivity contribution is 7.89. The van der Waals surface area contributed by atoms with Gasteiger partial charge >= 0.3 is 0 Å². The van der Waals surface area contributed by atoms with Crippen LogP contribution in [0.25, 0.3) is 0 Å². The third-order valence-electron chi connectivity index (χ3n) is 8.60. The lowest BCUT2D eigenvalue weighted by Gasteiger charge is -2.50. The van der Waals surface area contributed by atoms with Crippen molar-refractivity contribution in [1.29, 1.82) is 0 Å². The van der Waals surface area contributed by atoms with Crippen LogP contribution in [0.2, 0.25) is 0 Å². The molecule has 2 heterocycles. The van der Waals surface area contributed by atoms with E-state index in [9.17, 15) is 8.42 Å². The number of ether oxygens (including phenoxy) is 3. The summed E-state index contributed by atoms with van der Waals surface area (Å²) in [5.74, 6) is 1.53. The molecule has 2 fully saturated rings. The Labute approximate surface area is 248 Å². The zero-order chi connectivity index (χ0) is 29.1. The van der Waals surface area contributed by atoms with Crippen LogP contribution in [-0.4, -0.2) is 33.0 Å². The SMILES string of the molecule is COc1cc([C@@H]2OCC[C@@H]3CCN(S(=O)(=O)c4ccc(C)cc4)[C@H](c4ccccc4)[C@H]32)ccc1OCc1ccccc1. The van der Waals surface area contributed by atoms with Gasteiger partial charge in [-0.25, -0.2) is 8.42 Å². The van der Waals surface area contributed by atoms with Crippen LogP contribution in [0, 0.1) is 18.8 Å². The van der Waals surface area contributed by atoms with Crippen molar-refractivity contribution in [1.82, 2.24) is 4.31 Å². The molecular weight excluding hydrogens is 546 g/mol. The second-order valence-electron chi connectivity index (χ2n) is 11.2. The molecule has 0 unspecified atom stereocenters. The number of hydrogen-bond donors (Lipinski definition) is 0. The minimum atomic E-state index is -3.75. The summed E-state index contributed by atoms with van der Waals surface area (Å²) in [6, 6.07) is 32.8. The minimum Gasteiger partial charge on any atom is -0.493 e. The van der Waals surface area contributed by atoms with Crippen molar-refractivity contribution >= 4 is 10.0 Å². The first-order valence-corrected chi connectivity index (χ1v) is 16.0. The van der Waals surface area contributed by atoms with E-state index in [1.165, 1.54) is 0 Å². The first-order chi connectivity index (χ1) is 20.5. The van der Waals surface area contributed by atoms with Crippen LogP contribution in [0.1, 0.15) is 47.2 Å². The largest absolute Gasteiger partial charge is 0.493 e. The van der Waals surface area contributed by atoms with Crippen molar-refractivity contribution in [2.75, 3.05) is 20.3 Å². The maximum Gasteiger partial charge on any atom is 0.243 e. The quantitative estimate of drug-likeness (QED) is 0.221. The van der Waals surface area contributed by atoms with E-state index in [4.69, 9.17) is 14.2 Å². The van der Waals surface area contributed by atoms with Gasteiger partial charge in [0.2, 0.25) is 10.0 Å². The van der Waals surface area contributed by atoms with Gasteiger partial charge in [0.25, 0.3) is 0 Å². The van der Waals surface area contributed by atoms with E-state index in [0.717, 1.165) is 35.1 Å². The molecule has 218 valence electrons. The van der Waals surface area contributed by atoms with Gasteiger partial charge < -0.3 is 14.2 Å². The van der Waals surface area contributed by atoms with E-state index >= 15 is 0 Å². The predicted octanol–water partition coefficient (Wildman–Crippen LogP) is 7.11. The third kappa shape index (κ3) is 5.69. The predicted molar refractivity (Wildman–Crippen MR) is 163 cm³/mol. The van der Waals surface area contributed by atoms with Gasteiger partial charge in [0, 0.05) is 19.1 Å². The molecule has 6 rings (SSSR count). The lowest BCUT2D eigenvalue weighted by Crippen LogP contribution is -2.50. The van der Waals surface area contributed by atoms with Crippen molar-refractivity contribution in [2.45, 2.75) is 43.4 Å². The zero-order valence-corrected chi connectivity index (χ0v) is 24.9. The highest BCUT2D eigenvalue weighted by Crippen LogP contribution is 2.53. The summed E-state index contributed by atoms with van der Waals surface area (Å²) < 4.78 is 48.5. The third-order valence-corrected chi connectivity index (χ3v) is 10.5. The maximum atomic E-state index is 14.2. The molecule has 4 aromatic carbocycles. The van der Waals surface area contributed by atoms with Gasteiger partial charge in [-0.05, 0) is 66.6 Å². The fourth-order valence-corrected chi connectivity index (χ4v) is 8.13. The fourth-order valence-electron chi connectivity index (χ4n) is 6.47. The molecule has 6 nitrogen and oxygen atoms in total. The number of fused-ring (bicyclic) bond motifs is 1. The highest BCUT2D eigenvalue weighted by Gasteiger charge is 2.49. The van der Waals surface area contributed by atoms with E-state index in [2.05, 4.69) is 0 Å². The molecule has 0 N–H and O–H groups in total. The van der Waals surface area contributed by atoms with Gasteiger partial charge in [-0.2, -0.15) is 4.31 Å². The standard InChI is InChI=1S/C35H37NO5S/c1-25-13-16-30(17-14-25)42(37,38)36-21-19-27-20-22-40-35(33(27)34(36)28-11-7-4-8-12-28)29-15-18-31(32(23-29)39-2)41-24-26-9-5-3-6-10-26/h3-18,23,27,33-35H,19-22,24H2,1-2H3/t27-,33-,34+,35-/m0/s1. The first-order valence-electron chi connectivity index (χ1n) is 14.6. The van der Waals surface area contributed by atoms with Crippen LogP contribution in [-0.2, 0) is 21.4 Å². The normalized spacial score (nSPS) is 22.7. The second-order valence-corrected chi connectivity index (χ2v) is 13.1. The zero-order valence-electron chi connectivity index (χ0n) is 24.1. The molecule has 0 spiro atoms. The summed E-state index contributed by atoms with van der Waals surface area (Å²) in [6.07, 6.45) is 1.38. The van der Waals surface area contributed by atoms with E-state index in [-0.39, 0.29) is 18.1 Å². The summed E-state index contributed by atoms with van der Waals surface area (Å²) in [7, 11) is -2.11. The molecule has 0 saturated carbocycles. The number of rotatable bonds is 8. The summed E-state index contributed by atoms with van der Waals surface area (Å²) in [4.78, 5) is 0.322. The lowest BCUT2D eigenvalue weighted by molar-refractivity contribution is -0.100. The Morgan fingerprint density at radius 2 is 1.55 bits per heavy atom. The second kappa shape index (κ2) is 12.3. The Balaban J connectivity index is 1.37. The molecule has 4 aromatic rings. The monoisotopic (exact) mass is 583 g/mol. The van der Waals surface area contributed by atoms with E-state index in [1.54, 1.807) is 23.5 Å². The topological polar surface area (TPSA) is 65.1 Å². The number of sulfonamides is 1. The van der Waals surface area contributed by atoms with Crippen molar-refractivity contribution < 1.29 is 22.6 Å². The van der Waals surface area contributed by atoms with Crippen molar-refractivity contribution in [2.24, 2.45) is 11.8 Å². The van der Waals surface area contributed by atoms with Crippen LogP contribution in [0.5, 0.6) is 11.5 Å². The van der Waals surface area contributed by atoms with Crippen LogP contribution in [0.15, 0.2) is 108 Å². The van der Waals surface area contributed by atoms with Crippen LogP contribution >= 0.6 is 0 Å². The molecule has 2 aliphatic rings. The molecule has 4 atom stereocenters. The molecule has 0 bridgehead atoms. The Morgan fingerprint density at radius 1 is 0.833 bits per heavy atom. The number of aryl methyl sites for hydroxylation is 1. The van der Waals surface area contributed by atoms with Crippen molar-refractivity contribution in [3.8, 4) is 11.5 Å². The van der Waals surface area contributed by atoms with E-state index in [1.807, 2.05) is 97.9 Å². The van der Waals surface area contributed by atoms with Gasteiger partial charge in [0.1, 0.15) is 6.61 Å². The smallest absolute Gasteiger partial charge is 0.243 e. The molecular formula is C35H37NO5S. The molecule has 0 aliphatic carbocycles. The van der Waals surface area contributed by atoms with E-state index in [0.29, 0.717) is 42.1 Å². The van der Waals surface area contributed by atoms with Gasteiger partial charge in [-0.1, -0.05) is 84.4 Å². The molecule has 42 heavy (non-hydrogen) atoms. The molecule has 0 aromatic heterocycles. The van der Waals surface area contributed by atoms with Crippen molar-refractivity contribution in [3.05, 3.63) is 125 Å². The molecule has 0 amide bonds. The van der Waals surface area contributed by atoms with Gasteiger partial charge in [0.05, 0.1) is 24.2 Å². The number of nitrogens with zero attached hydrogens (tertiary/aromatic N) is 1. The Kier molecular flexibility index (Phi) is 8.34. The summed E-state index contributed by atoms with van der Waals surface area (Å²) in [6.45, 7) is 3.50. The van der Waals surface area contributed by atoms with Gasteiger partial charge in [0.15, 0.2) is 11.5 Å². The minimum absolute atomic E-state index is 0.0732. The average Bonchev–Trinajstić information content (AvgIpc) is 3.04. The summed E-state index contributed by atoms with van der Waals surface area (Å²) in [5, 5.41) is 0. The number of piperidine rings is 1. The van der Waals surface area contributed by atoms with Crippen LogP contribution in [0.4, 0.5) is 0 Å². The van der Waals surface area contributed by atoms with Crippen molar-refractivity contribution in [3.63, 3.8) is 0 Å². The highest BCUT2D eigenvalue weighted by atomic mass is 32.2. The first kappa shape index (κ1) is 28.5. The lowest BCUT2D eigenvalue weighted by atomic mass is 9.70. The molecule has 2 saturated heterocycles. The fraction of sp³-hybridized carbons (Fsp3) is 0.314. The molecule has 7 heteroatoms. The maximum absolute atomic E-state index is 14.2. The number of hydrogen-bond acceptors (Lipinski definition) is 5. The summed E-state index contributed by atoms with van der Waals surface area (Å²) in [5.41, 5.74) is 4.04. The van der Waals surface area contributed by atoms with E-state index < -0.39 is 10.0 Å². The number of benzene rings is 4. The summed E-state index contributed by atoms with van der Waals surface area (Å²) >= 11 is 0. The Bertz CT molecular complexity index is 1590. The van der Waals surface area contributed by atoms with Crippen LogP contribution < -0.4 is 9.47 Å². The number of methoxy groups -OCH3 is 1. The Hall–Kier alpha value is -3.65. The average molecular weight is 584 g/mol. The van der Waals surface area contributed by atoms with Gasteiger partial charge in [-0.15, -0.1) is 0 Å².